The molecule has 2 aromatic rings. The van der Waals surface area contributed by atoms with E-state index >= 15 is 0 Å². The first-order valence-electron chi connectivity index (χ1n) is 9.39. The normalized spacial score (nSPS) is 17.0. The van der Waals surface area contributed by atoms with Crippen molar-refractivity contribution in [2.75, 3.05) is 6.54 Å². The van der Waals surface area contributed by atoms with Crippen LogP contribution in [0.15, 0.2) is 24.3 Å². The number of carbonyl (C=O) groups excluding carboxylic acids is 1. The summed E-state index contributed by atoms with van der Waals surface area (Å²) in [5.74, 6) is 0.138. The molecule has 0 fully saturated rings. The highest BCUT2D eigenvalue weighted by Gasteiger charge is 2.26. The molecule has 1 aromatic carbocycles. The fraction of sp³-hybridized carbons (Fsp3) is 0.550. The molecule has 1 aromatic heterocycles. The number of unbranched alkanes of at least 4 members (excludes halogenated alkanes) is 5. The summed E-state index contributed by atoms with van der Waals surface area (Å²) >= 11 is 0. The molecular weight excluding hydrogens is 298 g/mol. The Bertz CT molecular complexity index is 677. The van der Waals surface area contributed by atoms with Crippen LogP contribution in [0.5, 0.6) is 0 Å². The van der Waals surface area contributed by atoms with Gasteiger partial charge < -0.3 is 10.3 Å². The Labute approximate surface area is 144 Å². The maximum atomic E-state index is 12.4. The van der Waals surface area contributed by atoms with Crippen molar-refractivity contribution in [2.24, 2.45) is 0 Å². The first-order chi connectivity index (χ1) is 11.8. The van der Waals surface area contributed by atoms with Crippen LogP contribution in [0.3, 0.4) is 0 Å². The number of carbonyl (C=O) groups is 1. The second kappa shape index (κ2) is 8.34. The average molecular weight is 327 g/mol. The van der Waals surface area contributed by atoms with Crippen molar-refractivity contribution < 1.29 is 4.79 Å². The molecule has 0 saturated heterocycles. The number of H-pyrrole nitrogens is 1. The monoisotopic (exact) mass is 327 g/mol. The van der Waals surface area contributed by atoms with E-state index in [-0.39, 0.29) is 11.9 Å². The van der Waals surface area contributed by atoms with Gasteiger partial charge in [0.1, 0.15) is 0 Å². The van der Waals surface area contributed by atoms with Crippen molar-refractivity contribution >= 4 is 16.8 Å². The van der Waals surface area contributed by atoms with E-state index in [1.54, 1.807) is 0 Å². The zero-order valence-corrected chi connectivity index (χ0v) is 14.7. The number of benzene rings is 1. The number of aromatic amines is 1. The van der Waals surface area contributed by atoms with Crippen LogP contribution in [0.2, 0.25) is 0 Å². The lowest BCUT2D eigenvalue weighted by Gasteiger charge is -2.23. The summed E-state index contributed by atoms with van der Waals surface area (Å²) in [6, 6.07) is 8.23. The summed E-state index contributed by atoms with van der Waals surface area (Å²) in [5.41, 5.74) is 3.68. The fourth-order valence-corrected chi connectivity index (χ4v) is 3.57. The van der Waals surface area contributed by atoms with Gasteiger partial charge in [-0.05, 0) is 24.5 Å². The van der Waals surface area contributed by atoms with Crippen LogP contribution < -0.4 is 10.6 Å². The standard InChI is InChI=1S/C20H29N3O/c1-2-3-4-5-6-9-12-21-20(24)18-13-16-15-10-7-8-11-17(15)23-19(16)14-22-18/h7-8,10-11,18,22-23H,2-6,9,12-14H2,1H3,(H,21,24). The van der Waals surface area contributed by atoms with E-state index in [2.05, 4.69) is 40.7 Å². The number of aromatic nitrogens is 1. The van der Waals surface area contributed by atoms with Crippen LogP contribution in [0.25, 0.3) is 10.9 Å². The van der Waals surface area contributed by atoms with Crippen molar-refractivity contribution in [3.05, 3.63) is 35.5 Å². The molecule has 4 heteroatoms. The smallest absolute Gasteiger partial charge is 0.237 e. The van der Waals surface area contributed by atoms with Gasteiger partial charge in [0.2, 0.25) is 5.91 Å². The van der Waals surface area contributed by atoms with Crippen LogP contribution in [-0.4, -0.2) is 23.5 Å². The lowest BCUT2D eigenvalue weighted by atomic mass is 9.98. The third-order valence-electron chi connectivity index (χ3n) is 4.98. The van der Waals surface area contributed by atoms with Crippen LogP contribution in [0.1, 0.15) is 56.7 Å². The predicted molar refractivity (Wildman–Crippen MR) is 99.0 cm³/mol. The molecule has 1 aliphatic heterocycles. The second-order valence-corrected chi connectivity index (χ2v) is 6.82. The number of hydrogen-bond acceptors (Lipinski definition) is 2. The zero-order valence-electron chi connectivity index (χ0n) is 14.7. The van der Waals surface area contributed by atoms with Gasteiger partial charge in [0.05, 0.1) is 6.04 Å². The molecule has 130 valence electrons. The summed E-state index contributed by atoms with van der Waals surface area (Å²) in [4.78, 5) is 15.9. The number of fused-ring (bicyclic) bond motifs is 3. The zero-order chi connectivity index (χ0) is 16.8. The van der Waals surface area contributed by atoms with E-state index in [1.807, 2.05) is 6.07 Å². The molecule has 1 unspecified atom stereocenters. The van der Waals surface area contributed by atoms with Crippen LogP contribution in [0.4, 0.5) is 0 Å². The molecule has 0 bridgehead atoms. The van der Waals surface area contributed by atoms with Gasteiger partial charge in [-0.25, -0.2) is 0 Å². The highest BCUT2D eigenvalue weighted by molar-refractivity contribution is 5.88. The largest absolute Gasteiger partial charge is 0.357 e. The molecule has 4 nitrogen and oxygen atoms in total. The molecule has 1 atom stereocenters. The summed E-state index contributed by atoms with van der Waals surface area (Å²) in [5, 5.41) is 7.72. The van der Waals surface area contributed by atoms with Crippen LogP contribution >= 0.6 is 0 Å². The Morgan fingerprint density at radius 2 is 1.96 bits per heavy atom. The Balaban J connectivity index is 1.47. The third-order valence-corrected chi connectivity index (χ3v) is 4.98. The number of para-hydroxylation sites is 1. The highest BCUT2D eigenvalue weighted by atomic mass is 16.2. The van der Waals surface area contributed by atoms with E-state index < -0.39 is 0 Å². The van der Waals surface area contributed by atoms with Gasteiger partial charge in [0, 0.05) is 29.7 Å². The van der Waals surface area contributed by atoms with Gasteiger partial charge >= 0.3 is 0 Å². The van der Waals surface area contributed by atoms with E-state index in [1.165, 1.54) is 48.7 Å². The lowest BCUT2D eigenvalue weighted by Crippen LogP contribution is -2.47. The molecule has 1 aliphatic rings. The maximum Gasteiger partial charge on any atom is 0.237 e. The van der Waals surface area contributed by atoms with Crippen LogP contribution in [0, 0.1) is 0 Å². The third kappa shape index (κ3) is 3.99. The van der Waals surface area contributed by atoms with E-state index in [9.17, 15) is 4.79 Å². The molecule has 2 heterocycles. The van der Waals surface area contributed by atoms with Gasteiger partial charge in [0.15, 0.2) is 0 Å². The molecule has 3 N–H and O–H groups in total. The minimum atomic E-state index is -0.114. The fourth-order valence-electron chi connectivity index (χ4n) is 3.57. The molecule has 0 radical (unpaired) electrons. The Morgan fingerprint density at radius 3 is 2.83 bits per heavy atom. The molecule has 3 rings (SSSR count). The number of hydrogen-bond donors (Lipinski definition) is 3. The number of rotatable bonds is 8. The van der Waals surface area contributed by atoms with Gasteiger partial charge in [-0.3, -0.25) is 10.1 Å². The second-order valence-electron chi connectivity index (χ2n) is 6.82. The molecule has 24 heavy (non-hydrogen) atoms. The average Bonchev–Trinajstić information content (AvgIpc) is 2.98. The Kier molecular flexibility index (Phi) is 5.91. The van der Waals surface area contributed by atoms with Crippen molar-refractivity contribution in [1.29, 1.82) is 0 Å². The molecule has 1 amide bonds. The Hall–Kier alpha value is -1.81. The van der Waals surface area contributed by atoms with E-state index in [4.69, 9.17) is 0 Å². The SMILES string of the molecule is CCCCCCCCNC(=O)C1Cc2c([nH]c3ccccc23)CN1. The van der Waals surface area contributed by atoms with E-state index in [0.717, 1.165) is 31.4 Å². The summed E-state index contributed by atoms with van der Waals surface area (Å²) < 4.78 is 0. The molecule has 0 spiro atoms. The summed E-state index contributed by atoms with van der Waals surface area (Å²) in [7, 11) is 0. The molecule has 0 aliphatic carbocycles. The number of amides is 1. The van der Waals surface area contributed by atoms with Crippen molar-refractivity contribution in [1.82, 2.24) is 15.6 Å². The topological polar surface area (TPSA) is 56.9 Å². The van der Waals surface area contributed by atoms with Crippen molar-refractivity contribution in [3.8, 4) is 0 Å². The Morgan fingerprint density at radius 1 is 1.17 bits per heavy atom. The van der Waals surface area contributed by atoms with E-state index in [0.29, 0.717) is 0 Å². The molecular formula is C20H29N3O. The maximum absolute atomic E-state index is 12.4. The first kappa shape index (κ1) is 17.0. The quantitative estimate of drug-likeness (QED) is 0.648. The summed E-state index contributed by atoms with van der Waals surface area (Å²) in [6.07, 6.45) is 8.26. The highest BCUT2D eigenvalue weighted by Crippen LogP contribution is 2.26. The molecule has 0 saturated carbocycles. The lowest BCUT2D eigenvalue weighted by molar-refractivity contribution is -0.123. The minimum absolute atomic E-state index is 0.114. The minimum Gasteiger partial charge on any atom is -0.357 e. The van der Waals surface area contributed by atoms with Crippen molar-refractivity contribution in [3.63, 3.8) is 0 Å². The van der Waals surface area contributed by atoms with Crippen LogP contribution in [-0.2, 0) is 17.8 Å². The predicted octanol–water partition coefficient (Wildman–Crippen LogP) is 3.66. The number of nitrogens with one attached hydrogen (secondary N) is 3. The summed E-state index contributed by atoms with van der Waals surface area (Å²) in [6.45, 7) is 3.76. The van der Waals surface area contributed by atoms with Crippen molar-refractivity contribution in [2.45, 2.75) is 64.5 Å². The first-order valence-corrected chi connectivity index (χ1v) is 9.39. The van der Waals surface area contributed by atoms with Gasteiger partial charge in [0.25, 0.3) is 0 Å². The van der Waals surface area contributed by atoms with Gasteiger partial charge in [-0.15, -0.1) is 0 Å². The van der Waals surface area contributed by atoms with Gasteiger partial charge in [-0.2, -0.15) is 0 Å². The van der Waals surface area contributed by atoms with Gasteiger partial charge in [-0.1, -0.05) is 57.2 Å².